The van der Waals surface area contributed by atoms with Gasteiger partial charge in [0, 0.05) is 31.2 Å². The molecule has 2 amide bonds. The predicted molar refractivity (Wildman–Crippen MR) is 132 cm³/mol. The monoisotopic (exact) mass is 522 g/mol. The van der Waals surface area contributed by atoms with Gasteiger partial charge in [-0.15, -0.1) is 0 Å². The number of alkyl halides is 3. The molecule has 12 heteroatoms. The Kier molecular flexibility index (Phi) is 8.53. The van der Waals surface area contributed by atoms with Crippen molar-refractivity contribution in [2.45, 2.75) is 19.1 Å². The van der Waals surface area contributed by atoms with E-state index < -0.39 is 29.8 Å². The van der Waals surface area contributed by atoms with Crippen LogP contribution in [0.2, 0.25) is 0 Å². The van der Waals surface area contributed by atoms with Crippen LogP contribution in [0.25, 0.3) is 0 Å². The maximum absolute atomic E-state index is 12.9. The molecule has 0 saturated carbocycles. The Morgan fingerprint density at radius 3 is 2.36 bits per heavy atom. The molecule has 3 rings (SSSR count). The van der Waals surface area contributed by atoms with E-state index >= 15 is 0 Å². The highest BCUT2D eigenvalue weighted by atomic mass is 32.1. The number of hydrogen-bond donors (Lipinski definition) is 3. The Bertz CT molecular complexity index is 1190. The van der Waals surface area contributed by atoms with E-state index in [-0.39, 0.29) is 18.9 Å². The van der Waals surface area contributed by atoms with E-state index in [2.05, 4.69) is 16.0 Å². The van der Waals surface area contributed by atoms with E-state index in [1.54, 1.807) is 43.1 Å². The molecule has 192 valence electrons. The fourth-order valence-electron chi connectivity index (χ4n) is 3.51. The van der Waals surface area contributed by atoms with Gasteiger partial charge >= 0.3 is 18.2 Å². The van der Waals surface area contributed by atoms with Crippen LogP contribution in [-0.2, 0) is 20.4 Å². The highest BCUT2D eigenvalue weighted by Crippen LogP contribution is 2.32. The Morgan fingerprint density at radius 2 is 1.72 bits per heavy atom. The highest BCUT2D eigenvalue weighted by molar-refractivity contribution is 7.80. The van der Waals surface area contributed by atoms with Crippen LogP contribution in [0.15, 0.2) is 59.8 Å². The number of carbonyl (C=O) groups is 2. The number of thiocarbonyl (C=S) groups is 1. The number of anilines is 2. The molecule has 0 bridgehead atoms. The second kappa shape index (κ2) is 11.4. The van der Waals surface area contributed by atoms with Gasteiger partial charge in [-0.3, -0.25) is 0 Å². The van der Waals surface area contributed by atoms with Gasteiger partial charge in [-0.1, -0.05) is 18.2 Å². The number of halogens is 3. The molecule has 0 spiro atoms. The van der Waals surface area contributed by atoms with E-state index in [9.17, 15) is 22.8 Å². The lowest BCUT2D eigenvalue weighted by atomic mass is 9.95. The van der Waals surface area contributed by atoms with Crippen LogP contribution in [-0.4, -0.2) is 49.4 Å². The standard InChI is InChI=1S/C24H25F3N4O4S/c1-14-19(21(32)35-11-10-34-3)20(30-23(36)31(14)2)15-6-4-8-17(12-15)28-22(33)29-18-9-5-7-16(13-18)24(25,26)27/h4-9,12-13,20H,10-11H2,1-3H3,(H,30,36)(H2,28,29,33). The number of urea groups is 1. The molecule has 1 unspecified atom stereocenters. The van der Waals surface area contributed by atoms with E-state index in [0.29, 0.717) is 27.6 Å². The first-order chi connectivity index (χ1) is 17.0. The first kappa shape index (κ1) is 27.0. The average molecular weight is 523 g/mol. The van der Waals surface area contributed by atoms with E-state index in [4.69, 9.17) is 21.7 Å². The summed E-state index contributed by atoms with van der Waals surface area (Å²) in [7, 11) is 3.22. The molecule has 0 aromatic heterocycles. The number of rotatable bonds is 7. The molecule has 8 nitrogen and oxygen atoms in total. The van der Waals surface area contributed by atoms with Gasteiger partial charge in [0.1, 0.15) is 6.61 Å². The van der Waals surface area contributed by atoms with Crippen molar-refractivity contribution in [1.29, 1.82) is 0 Å². The lowest BCUT2D eigenvalue weighted by Crippen LogP contribution is -2.46. The Morgan fingerprint density at radius 1 is 1.08 bits per heavy atom. The number of allylic oxidation sites excluding steroid dienone is 1. The van der Waals surface area contributed by atoms with Gasteiger partial charge in [0.25, 0.3) is 0 Å². The third-order valence-electron chi connectivity index (χ3n) is 5.42. The maximum atomic E-state index is 12.9. The van der Waals surface area contributed by atoms with Crippen LogP contribution >= 0.6 is 12.2 Å². The van der Waals surface area contributed by atoms with Crippen molar-refractivity contribution in [3.05, 3.63) is 70.9 Å². The molecule has 2 aromatic rings. The number of amides is 2. The number of methoxy groups -OCH3 is 1. The van der Waals surface area contributed by atoms with Gasteiger partial charge in [0.05, 0.1) is 23.8 Å². The quantitative estimate of drug-likeness (QED) is 0.276. The minimum absolute atomic E-state index is 0.0135. The summed E-state index contributed by atoms with van der Waals surface area (Å²) in [6, 6.07) is 9.58. The number of nitrogens with one attached hydrogen (secondary N) is 3. The second-order valence-corrected chi connectivity index (χ2v) is 8.24. The van der Waals surface area contributed by atoms with Crippen molar-refractivity contribution in [3.63, 3.8) is 0 Å². The highest BCUT2D eigenvalue weighted by Gasteiger charge is 2.34. The van der Waals surface area contributed by atoms with Gasteiger partial charge in [-0.25, -0.2) is 9.59 Å². The third kappa shape index (κ3) is 6.52. The maximum Gasteiger partial charge on any atom is 0.416 e. The van der Waals surface area contributed by atoms with Gasteiger partial charge in [-0.05, 0) is 55.0 Å². The fourth-order valence-corrected chi connectivity index (χ4v) is 3.76. The minimum Gasteiger partial charge on any atom is -0.460 e. The molecule has 1 heterocycles. The summed E-state index contributed by atoms with van der Waals surface area (Å²) in [6.07, 6.45) is -4.53. The Balaban J connectivity index is 1.80. The van der Waals surface area contributed by atoms with Crippen LogP contribution in [0, 0.1) is 0 Å². The lowest BCUT2D eigenvalue weighted by Gasteiger charge is -2.35. The predicted octanol–water partition coefficient (Wildman–Crippen LogP) is 4.67. The summed E-state index contributed by atoms with van der Waals surface area (Å²) in [4.78, 5) is 27.0. The van der Waals surface area contributed by atoms with Crippen LogP contribution in [0.3, 0.4) is 0 Å². The van der Waals surface area contributed by atoms with E-state index in [0.717, 1.165) is 12.1 Å². The van der Waals surface area contributed by atoms with Gasteiger partial charge in [0.2, 0.25) is 0 Å². The molecule has 36 heavy (non-hydrogen) atoms. The molecule has 0 radical (unpaired) electrons. The summed E-state index contributed by atoms with van der Waals surface area (Å²) >= 11 is 5.39. The zero-order valence-electron chi connectivity index (χ0n) is 19.7. The van der Waals surface area contributed by atoms with Crippen molar-refractivity contribution in [3.8, 4) is 0 Å². The van der Waals surface area contributed by atoms with Crippen molar-refractivity contribution < 1.29 is 32.2 Å². The topological polar surface area (TPSA) is 91.9 Å². The van der Waals surface area contributed by atoms with E-state index in [1.165, 1.54) is 19.2 Å². The summed E-state index contributed by atoms with van der Waals surface area (Å²) < 4.78 is 49.1. The molecule has 1 aliphatic heterocycles. The SMILES string of the molecule is COCCOC(=O)C1=C(C)N(C)C(=S)NC1c1cccc(NC(=O)Nc2cccc(C(F)(F)F)c2)c1. The molecule has 0 aliphatic carbocycles. The van der Waals surface area contributed by atoms with Gasteiger partial charge < -0.3 is 30.3 Å². The smallest absolute Gasteiger partial charge is 0.416 e. The zero-order valence-corrected chi connectivity index (χ0v) is 20.5. The average Bonchev–Trinajstić information content (AvgIpc) is 2.82. The van der Waals surface area contributed by atoms with E-state index in [1.807, 2.05) is 0 Å². The molecular weight excluding hydrogens is 497 g/mol. The minimum atomic E-state index is -4.53. The first-order valence-electron chi connectivity index (χ1n) is 10.8. The molecule has 2 aromatic carbocycles. The number of esters is 1. The summed E-state index contributed by atoms with van der Waals surface area (Å²) in [5, 5.41) is 8.49. The number of nitrogens with zero attached hydrogens (tertiary/aromatic N) is 1. The molecule has 1 aliphatic rings. The van der Waals surface area contributed by atoms with Crippen molar-refractivity contribution in [1.82, 2.24) is 10.2 Å². The first-order valence-corrected chi connectivity index (χ1v) is 11.2. The summed E-state index contributed by atoms with van der Waals surface area (Å²) in [5.74, 6) is -0.544. The number of hydrogen-bond acceptors (Lipinski definition) is 5. The second-order valence-electron chi connectivity index (χ2n) is 7.85. The van der Waals surface area contributed by atoms with Crippen LogP contribution in [0.4, 0.5) is 29.3 Å². The third-order valence-corrected chi connectivity index (χ3v) is 5.81. The zero-order chi connectivity index (χ0) is 26.5. The normalized spacial score (nSPS) is 15.9. The molecule has 0 saturated heterocycles. The van der Waals surface area contributed by atoms with Crippen molar-refractivity contribution in [2.24, 2.45) is 0 Å². The van der Waals surface area contributed by atoms with Crippen LogP contribution in [0.5, 0.6) is 0 Å². The molecular formula is C24H25F3N4O4S. The summed E-state index contributed by atoms with van der Waals surface area (Å²) in [5.41, 5.74) is 1.02. The van der Waals surface area contributed by atoms with Crippen LogP contribution in [0.1, 0.15) is 24.1 Å². The fraction of sp³-hybridized carbons (Fsp3) is 0.292. The molecule has 3 N–H and O–H groups in total. The molecule has 1 atom stereocenters. The Hall–Kier alpha value is -3.64. The van der Waals surface area contributed by atoms with Crippen molar-refractivity contribution >= 4 is 40.7 Å². The van der Waals surface area contributed by atoms with Gasteiger partial charge in [-0.2, -0.15) is 13.2 Å². The van der Waals surface area contributed by atoms with Crippen molar-refractivity contribution in [2.75, 3.05) is 38.0 Å². The number of ether oxygens (including phenoxy) is 2. The van der Waals surface area contributed by atoms with Crippen LogP contribution < -0.4 is 16.0 Å². The number of carbonyl (C=O) groups excluding carboxylic acids is 2. The van der Waals surface area contributed by atoms with Gasteiger partial charge in [0.15, 0.2) is 5.11 Å². The molecule has 0 fully saturated rings. The largest absolute Gasteiger partial charge is 0.460 e. The lowest BCUT2D eigenvalue weighted by molar-refractivity contribution is -0.141. The number of benzene rings is 2. The summed E-state index contributed by atoms with van der Waals surface area (Å²) in [6.45, 7) is 2.06. The Labute approximate surface area is 211 Å².